The molecule has 1 aliphatic heterocycles. The van der Waals surface area contributed by atoms with Gasteiger partial charge in [0, 0.05) is 23.8 Å². The Balaban J connectivity index is 1.94. The van der Waals surface area contributed by atoms with Crippen LogP contribution in [0.2, 0.25) is 5.02 Å². The minimum absolute atomic E-state index is 0.853. The number of anilines is 1. The Morgan fingerprint density at radius 2 is 1.78 bits per heavy atom. The Morgan fingerprint density at radius 3 is 2.61 bits per heavy atom. The van der Waals surface area contributed by atoms with Crippen LogP contribution in [0.15, 0.2) is 42.5 Å². The summed E-state index contributed by atoms with van der Waals surface area (Å²) in [4.78, 5) is 2.42. The Labute approximate surface area is 113 Å². The van der Waals surface area contributed by atoms with Crippen LogP contribution in [-0.2, 0) is 13.0 Å². The molecule has 2 heteroatoms. The quantitative estimate of drug-likeness (QED) is 0.740. The highest BCUT2D eigenvalue weighted by molar-refractivity contribution is 6.31. The van der Waals surface area contributed by atoms with E-state index in [9.17, 15) is 0 Å². The maximum absolute atomic E-state index is 6.21. The summed E-state index contributed by atoms with van der Waals surface area (Å²) in [6, 6.07) is 14.9. The van der Waals surface area contributed by atoms with Crippen molar-refractivity contribution in [1.82, 2.24) is 0 Å². The molecule has 0 radical (unpaired) electrons. The van der Waals surface area contributed by atoms with Crippen molar-refractivity contribution in [3.8, 4) is 0 Å². The van der Waals surface area contributed by atoms with Gasteiger partial charge in [-0.1, -0.05) is 41.9 Å². The number of rotatable bonds is 1. The number of benzene rings is 2. The van der Waals surface area contributed by atoms with E-state index in [-0.39, 0.29) is 0 Å². The van der Waals surface area contributed by atoms with Crippen molar-refractivity contribution in [3.63, 3.8) is 0 Å². The van der Waals surface area contributed by atoms with Gasteiger partial charge < -0.3 is 4.90 Å². The molecule has 1 aliphatic rings. The third-order valence-electron chi connectivity index (χ3n) is 3.71. The summed E-state index contributed by atoms with van der Waals surface area (Å²) >= 11 is 6.21. The molecule has 0 aliphatic carbocycles. The molecule has 0 bridgehead atoms. The van der Waals surface area contributed by atoms with Gasteiger partial charge in [0.05, 0.1) is 0 Å². The predicted octanol–water partition coefficient (Wildman–Crippen LogP) is 4.21. The van der Waals surface area contributed by atoms with Gasteiger partial charge >= 0.3 is 0 Å². The second-order valence-corrected chi connectivity index (χ2v) is 5.23. The van der Waals surface area contributed by atoms with E-state index < -0.39 is 0 Å². The van der Waals surface area contributed by atoms with Crippen LogP contribution in [0.4, 0.5) is 5.69 Å². The third kappa shape index (κ3) is 1.99. The lowest BCUT2D eigenvalue weighted by molar-refractivity contribution is 0.729. The first kappa shape index (κ1) is 11.6. The van der Waals surface area contributed by atoms with Gasteiger partial charge in [-0.25, -0.2) is 0 Å². The van der Waals surface area contributed by atoms with E-state index in [1.807, 2.05) is 12.1 Å². The van der Waals surface area contributed by atoms with Gasteiger partial charge in [0.25, 0.3) is 0 Å². The van der Waals surface area contributed by atoms with E-state index in [2.05, 4.69) is 42.2 Å². The maximum Gasteiger partial charge on any atom is 0.0455 e. The molecule has 0 fully saturated rings. The number of hydrogen-bond donors (Lipinski definition) is 0. The Hall–Kier alpha value is -1.47. The normalized spacial score (nSPS) is 14.4. The molecule has 0 saturated carbocycles. The Kier molecular flexibility index (Phi) is 3.00. The topological polar surface area (TPSA) is 3.24 Å². The van der Waals surface area contributed by atoms with Crippen LogP contribution in [0, 0.1) is 6.92 Å². The number of hydrogen-bond acceptors (Lipinski definition) is 1. The number of halogens is 1. The minimum atomic E-state index is 0.853. The summed E-state index contributed by atoms with van der Waals surface area (Å²) in [6.45, 7) is 4.15. The first-order valence-electron chi connectivity index (χ1n) is 6.32. The van der Waals surface area contributed by atoms with Crippen molar-refractivity contribution >= 4 is 17.3 Å². The molecule has 1 heterocycles. The van der Waals surface area contributed by atoms with Crippen LogP contribution >= 0.6 is 11.6 Å². The Morgan fingerprint density at radius 1 is 1.00 bits per heavy atom. The smallest absolute Gasteiger partial charge is 0.0455 e. The zero-order valence-electron chi connectivity index (χ0n) is 10.5. The monoisotopic (exact) mass is 257 g/mol. The lowest BCUT2D eigenvalue weighted by Gasteiger charge is -2.32. The van der Waals surface area contributed by atoms with Gasteiger partial charge in [-0.3, -0.25) is 0 Å². The molecule has 3 rings (SSSR count). The van der Waals surface area contributed by atoms with Crippen molar-refractivity contribution in [1.29, 1.82) is 0 Å². The van der Waals surface area contributed by atoms with Gasteiger partial charge in [0.1, 0.15) is 0 Å². The summed E-state index contributed by atoms with van der Waals surface area (Å²) in [5.74, 6) is 0. The van der Waals surface area contributed by atoms with E-state index in [1.165, 1.54) is 22.4 Å². The van der Waals surface area contributed by atoms with Gasteiger partial charge in [0.15, 0.2) is 0 Å². The molecule has 2 aromatic rings. The van der Waals surface area contributed by atoms with Crippen LogP contribution in [0.1, 0.15) is 16.7 Å². The zero-order valence-corrected chi connectivity index (χ0v) is 11.2. The molecule has 0 N–H and O–H groups in total. The average Bonchev–Trinajstić information content (AvgIpc) is 2.41. The highest BCUT2D eigenvalue weighted by atomic mass is 35.5. The fourth-order valence-corrected chi connectivity index (χ4v) is 2.81. The van der Waals surface area contributed by atoms with Gasteiger partial charge in [0.2, 0.25) is 0 Å². The molecular formula is C16H16ClN. The van der Waals surface area contributed by atoms with E-state index >= 15 is 0 Å². The SMILES string of the molecule is Cc1c(Cl)cccc1N1CCc2ccccc2C1. The van der Waals surface area contributed by atoms with Crippen molar-refractivity contribution < 1.29 is 0 Å². The molecule has 0 atom stereocenters. The van der Waals surface area contributed by atoms with Crippen molar-refractivity contribution in [2.45, 2.75) is 19.9 Å². The minimum Gasteiger partial charge on any atom is -0.367 e. The lowest BCUT2D eigenvalue weighted by atomic mass is 9.99. The molecule has 0 unspecified atom stereocenters. The van der Waals surface area contributed by atoms with Crippen LogP contribution in [0.3, 0.4) is 0 Å². The van der Waals surface area contributed by atoms with Crippen molar-refractivity contribution in [3.05, 3.63) is 64.2 Å². The maximum atomic E-state index is 6.21. The molecule has 0 aromatic heterocycles. The fourth-order valence-electron chi connectivity index (χ4n) is 2.64. The van der Waals surface area contributed by atoms with E-state index in [4.69, 9.17) is 11.6 Å². The summed E-state index contributed by atoms with van der Waals surface area (Å²) in [5, 5.41) is 0.853. The fraction of sp³-hybridized carbons (Fsp3) is 0.250. The van der Waals surface area contributed by atoms with Crippen molar-refractivity contribution in [2.75, 3.05) is 11.4 Å². The molecule has 1 nitrogen and oxygen atoms in total. The van der Waals surface area contributed by atoms with Gasteiger partial charge in [-0.15, -0.1) is 0 Å². The molecule has 0 spiro atoms. The summed E-state index contributed by atoms with van der Waals surface area (Å²) in [7, 11) is 0. The summed E-state index contributed by atoms with van der Waals surface area (Å²) in [6.07, 6.45) is 1.11. The highest BCUT2D eigenvalue weighted by Gasteiger charge is 2.17. The molecular weight excluding hydrogens is 242 g/mol. The third-order valence-corrected chi connectivity index (χ3v) is 4.12. The lowest BCUT2D eigenvalue weighted by Crippen LogP contribution is -2.30. The van der Waals surface area contributed by atoms with Crippen LogP contribution in [-0.4, -0.2) is 6.54 Å². The van der Waals surface area contributed by atoms with Crippen LogP contribution in [0.5, 0.6) is 0 Å². The van der Waals surface area contributed by atoms with E-state index in [0.29, 0.717) is 0 Å². The zero-order chi connectivity index (χ0) is 12.5. The molecule has 92 valence electrons. The van der Waals surface area contributed by atoms with E-state index in [0.717, 1.165) is 24.5 Å². The second-order valence-electron chi connectivity index (χ2n) is 4.82. The van der Waals surface area contributed by atoms with Gasteiger partial charge in [-0.2, -0.15) is 0 Å². The summed E-state index contributed by atoms with van der Waals surface area (Å²) in [5.41, 5.74) is 5.35. The molecule has 0 amide bonds. The Bertz CT molecular complexity index is 577. The predicted molar refractivity (Wildman–Crippen MR) is 77.4 cm³/mol. The first-order chi connectivity index (χ1) is 8.75. The second kappa shape index (κ2) is 4.66. The standard InChI is InChI=1S/C16H16ClN/c1-12-15(17)7-4-8-16(12)18-10-9-13-5-2-3-6-14(13)11-18/h2-8H,9-11H2,1H3. The van der Waals surface area contributed by atoms with Crippen molar-refractivity contribution in [2.24, 2.45) is 0 Å². The molecule has 0 saturated heterocycles. The van der Waals surface area contributed by atoms with Gasteiger partial charge in [-0.05, 0) is 42.2 Å². The number of fused-ring (bicyclic) bond motifs is 1. The number of nitrogens with zero attached hydrogens (tertiary/aromatic N) is 1. The first-order valence-corrected chi connectivity index (χ1v) is 6.70. The molecule has 2 aromatic carbocycles. The van der Waals surface area contributed by atoms with Crippen LogP contribution in [0.25, 0.3) is 0 Å². The summed E-state index contributed by atoms with van der Waals surface area (Å²) < 4.78 is 0. The largest absolute Gasteiger partial charge is 0.367 e. The van der Waals surface area contributed by atoms with E-state index in [1.54, 1.807) is 0 Å². The highest BCUT2D eigenvalue weighted by Crippen LogP contribution is 2.30. The van der Waals surface area contributed by atoms with Crippen LogP contribution < -0.4 is 4.90 Å². The average molecular weight is 258 g/mol. The molecule has 18 heavy (non-hydrogen) atoms.